The molecule has 2 N–H and O–H groups in total. The van der Waals surface area contributed by atoms with Gasteiger partial charge in [-0.05, 0) is 54.5 Å². The Morgan fingerprint density at radius 1 is 1.30 bits per heavy atom. The van der Waals surface area contributed by atoms with Gasteiger partial charge in [0.1, 0.15) is 6.61 Å². The Hall–Kier alpha value is -2.73. The molecule has 0 radical (unpaired) electrons. The Bertz CT molecular complexity index is 946. The third-order valence-electron chi connectivity index (χ3n) is 4.49. The highest BCUT2D eigenvalue weighted by Gasteiger charge is 2.23. The molecule has 0 fully saturated rings. The Morgan fingerprint density at radius 3 is 2.70 bits per heavy atom. The van der Waals surface area contributed by atoms with E-state index in [1.165, 1.54) is 4.68 Å². The molecule has 2 aromatic rings. The van der Waals surface area contributed by atoms with Crippen LogP contribution in [0.2, 0.25) is 0 Å². The second-order valence-electron chi connectivity index (χ2n) is 6.36. The lowest BCUT2D eigenvalue weighted by molar-refractivity contribution is 0.168. The van der Waals surface area contributed by atoms with Gasteiger partial charge in [-0.2, -0.15) is 0 Å². The highest BCUT2D eigenvalue weighted by atomic mass is 32.2. The molecular formula is C18H28N6O5S. The highest BCUT2D eigenvalue weighted by Crippen LogP contribution is 2.24. The average Bonchev–Trinajstić information content (AvgIpc) is 3.22. The van der Waals surface area contributed by atoms with E-state index < -0.39 is 21.7 Å². The van der Waals surface area contributed by atoms with Crippen LogP contribution in [0.15, 0.2) is 23.4 Å². The van der Waals surface area contributed by atoms with Crippen molar-refractivity contribution in [3.05, 3.63) is 23.8 Å². The molecule has 11 nitrogen and oxygen atoms in total. The first-order valence-electron chi connectivity index (χ1n) is 9.77. The molecule has 12 heteroatoms. The van der Waals surface area contributed by atoms with E-state index in [1.54, 1.807) is 13.0 Å². The number of nitrogens with one attached hydrogen (secondary N) is 1. The highest BCUT2D eigenvalue weighted by molar-refractivity contribution is 7.91. The van der Waals surface area contributed by atoms with Gasteiger partial charge in [0.05, 0.1) is 12.4 Å². The Kier molecular flexibility index (Phi) is 8.54. The molecule has 1 aromatic carbocycles. The first-order valence-corrected chi connectivity index (χ1v) is 11.4. The predicted molar refractivity (Wildman–Crippen MR) is 111 cm³/mol. The van der Waals surface area contributed by atoms with Crippen LogP contribution in [-0.4, -0.2) is 71.9 Å². The fraction of sp³-hybridized carbons (Fsp3) is 0.556. The number of aliphatic hydroxyl groups is 1. The molecule has 1 amide bonds. The molecule has 0 aliphatic rings. The summed E-state index contributed by atoms with van der Waals surface area (Å²) in [4.78, 5) is 14.2. The first-order chi connectivity index (χ1) is 14.4. The second kappa shape index (κ2) is 10.9. The smallest absolute Gasteiger partial charge is 0.411 e. The second-order valence-corrected chi connectivity index (χ2v) is 8.36. The Labute approximate surface area is 175 Å². The monoisotopic (exact) mass is 440 g/mol. The van der Waals surface area contributed by atoms with Crippen molar-refractivity contribution in [3.8, 4) is 0 Å². The SMILES string of the molecule is CCc1cc(N(CC)CCO)ccc1NC(=O)OCCS(=O)(=O)c1nnnn1CC. The van der Waals surface area contributed by atoms with Crippen molar-refractivity contribution in [1.29, 1.82) is 0 Å². The van der Waals surface area contributed by atoms with Crippen LogP contribution in [0.25, 0.3) is 0 Å². The minimum atomic E-state index is -3.77. The van der Waals surface area contributed by atoms with Crippen molar-refractivity contribution in [3.63, 3.8) is 0 Å². The van der Waals surface area contributed by atoms with Crippen LogP contribution in [0.3, 0.4) is 0 Å². The van der Waals surface area contributed by atoms with E-state index in [-0.39, 0.29) is 18.4 Å². The van der Waals surface area contributed by atoms with Gasteiger partial charge in [0.25, 0.3) is 5.16 Å². The van der Waals surface area contributed by atoms with Crippen LogP contribution in [0.4, 0.5) is 16.2 Å². The van der Waals surface area contributed by atoms with Gasteiger partial charge >= 0.3 is 6.09 Å². The molecule has 1 heterocycles. The number of likely N-dealkylation sites (N-methyl/N-ethyl adjacent to an activating group) is 1. The van der Waals surface area contributed by atoms with Gasteiger partial charge in [-0.25, -0.2) is 17.9 Å². The summed E-state index contributed by atoms with van der Waals surface area (Å²) >= 11 is 0. The maximum absolute atomic E-state index is 12.3. The summed E-state index contributed by atoms with van der Waals surface area (Å²) < 4.78 is 30.8. The summed E-state index contributed by atoms with van der Waals surface area (Å²) in [6.07, 6.45) is -0.0702. The minimum absolute atomic E-state index is 0.0508. The largest absolute Gasteiger partial charge is 0.448 e. The molecule has 0 aliphatic heterocycles. The molecule has 30 heavy (non-hydrogen) atoms. The van der Waals surface area contributed by atoms with E-state index in [9.17, 15) is 18.3 Å². The number of tetrazole rings is 1. The average molecular weight is 441 g/mol. The van der Waals surface area contributed by atoms with E-state index in [4.69, 9.17) is 4.74 Å². The number of sulfone groups is 1. The summed E-state index contributed by atoms with van der Waals surface area (Å²) in [5, 5.41) is 22.1. The number of hydrogen-bond donors (Lipinski definition) is 2. The minimum Gasteiger partial charge on any atom is -0.448 e. The van der Waals surface area contributed by atoms with Gasteiger partial charge in [0.2, 0.25) is 9.84 Å². The van der Waals surface area contributed by atoms with E-state index in [0.29, 0.717) is 25.2 Å². The quantitative estimate of drug-likeness (QED) is 0.525. The number of anilines is 2. The van der Waals surface area contributed by atoms with E-state index in [0.717, 1.165) is 17.8 Å². The molecule has 2 rings (SSSR count). The summed E-state index contributed by atoms with van der Waals surface area (Å²) in [5.41, 5.74) is 2.43. The molecule has 0 spiro atoms. The van der Waals surface area contributed by atoms with Crippen molar-refractivity contribution in [2.75, 3.05) is 42.3 Å². The molecule has 0 aliphatic carbocycles. The number of rotatable bonds is 11. The molecule has 1 aromatic heterocycles. The lowest BCUT2D eigenvalue weighted by Gasteiger charge is -2.23. The topological polar surface area (TPSA) is 140 Å². The summed E-state index contributed by atoms with van der Waals surface area (Å²) in [5.74, 6) is -0.424. The van der Waals surface area contributed by atoms with E-state index in [2.05, 4.69) is 20.8 Å². The number of hydrogen-bond acceptors (Lipinski definition) is 9. The number of aliphatic hydroxyl groups excluding tert-OH is 1. The summed E-state index contributed by atoms with van der Waals surface area (Å²) in [6.45, 7) is 6.98. The predicted octanol–water partition coefficient (Wildman–Crippen LogP) is 1.10. The van der Waals surface area contributed by atoms with Crippen LogP contribution >= 0.6 is 0 Å². The maximum Gasteiger partial charge on any atom is 0.411 e. The number of carbonyl (C=O) groups excluding carboxylic acids is 1. The number of benzene rings is 1. The third-order valence-corrected chi connectivity index (χ3v) is 6.04. The van der Waals surface area contributed by atoms with Crippen LogP contribution in [0, 0.1) is 0 Å². The molecule has 0 atom stereocenters. The third kappa shape index (κ3) is 5.89. The van der Waals surface area contributed by atoms with Gasteiger partial charge in [0.15, 0.2) is 0 Å². The number of amides is 1. The lowest BCUT2D eigenvalue weighted by Crippen LogP contribution is -2.26. The summed E-state index contributed by atoms with van der Waals surface area (Å²) in [7, 11) is -3.77. The van der Waals surface area contributed by atoms with Gasteiger partial charge < -0.3 is 14.7 Å². The van der Waals surface area contributed by atoms with Gasteiger partial charge in [0, 0.05) is 31.0 Å². The van der Waals surface area contributed by atoms with E-state index in [1.807, 2.05) is 30.9 Å². The number of ether oxygens (including phenoxy) is 1. The van der Waals surface area contributed by atoms with Crippen LogP contribution in [0.1, 0.15) is 26.3 Å². The lowest BCUT2D eigenvalue weighted by atomic mass is 10.1. The summed E-state index contributed by atoms with van der Waals surface area (Å²) in [6, 6.07) is 5.56. The normalized spacial score (nSPS) is 11.3. The number of nitrogens with zero attached hydrogens (tertiary/aromatic N) is 5. The van der Waals surface area contributed by atoms with E-state index >= 15 is 0 Å². The van der Waals surface area contributed by atoms with Crippen LogP contribution in [0.5, 0.6) is 0 Å². The Morgan fingerprint density at radius 2 is 2.07 bits per heavy atom. The zero-order valence-corrected chi connectivity index (χ0v) is 18.2. The fourth-order valence-corrected chi connectivity index (χ4v) is 4.01. The van der Waals surface area contributed by atoms with Gasteiger partial charge in [-0.15, -0.1) is 0 Å². The molecule has 0 bridgehead atoms. The molecule has 166 valence electrons. The van der Waals surface area contributed by atoms with Crippen LogP contribution < -0.4 is 10.2 Å². The van der Waals surface area contributed by atoms with Crippen molar-refractivity contribution >= 4 is 27.3 Å². The van der Waals surface area contributed by atoms with Gasteiger partial charge in [-0.3, -0.25) is 5.32 Å². The zero-order valence-electron chi connectivity index (χ0n) is 17.4. The van der Waals surface area contributed by atoms with Crippen molar-refractivity contribution < 1.29 is 23.1 Å². The zero-order chi connectivity index (χ0) is 22.1. The maximum atomic E-state index is 12.3. The molecular weight excluding hydrogens is 412 g/mol. The first kappa shape index (κ1) is 23.5. The number of aromatic nitrogens is 4. The number of carbonyl (C=O) groups is 1. The van der Waals surface area contributed by atoms with Crippen molar-refractivity contribution in [1.82, 2.24) is 20.2 Å². The van der Waals surface area contributed by atoms with Crippen molar-refractivity contribution in [2.45, 2.75) is 38.9 Å². The Balaban J connectivity index is 1.97. The molecule has 0 saturated heterocycles. The van der Waals surface area contributed by atoms with Crippen molar-refractivity contribution in [2.24, 2.45) is 0 Å². The number of aryl methyl sites for hydroxylation is 2. The van der Waals surface area contributed by atoms with Gasteiger partial charge in [-0.1, -0.05) is 12.0 Å². The molecule has 0 saturated carbocycles. The fourth-order valence-electron chi connectivity index (χ4n) is 2.88. The molecule has 0 unspecified atom stereocenters. The standard InChI is InChI=1S/C18H28N6O5S/c1-4-14-13-15(23(5-2)9-10-25)7-8-16(14)19-18(26)29-11-12-30(27,28)17-20-21-22-24(17)6-3/h7-8,13,25H,4-6,9-12H2,1-3H3,(H,19,26). The van der Waals surface area contributed by atoms with Crippen LogP contribution in [-0.2, 0) is 27.5 Å².